The third kappa shape index (κ3) is 4.11. The van der Waals surface area contributed by atoms with E-state index in [4.69, 9.17) is 9.90 Å². The van der Waals surface area contributed by atoms with Gasteiger partial charge in [0.2, 0.25) is 4.87 Å². The highest BCUT2D eigenvalue weighted by Crippen LogP contribution is 2.48. The molecule has 0 bridgehead atoms. The van der Waals surface area contributed by atoms with Crippen LogP contribution in [-0.4, -0.2) is 33.2 Å². The summed E-state index contributed by atoms with van der Waals surface area (Å²) in [6, 6.07) is 16.1. The molecule has 170 valence electrons. The Morgan fingerprint density at radius 3 is 2.61 bits per heavy atom. The van der Waals surface area contributed by atoms with Crippen LogP contribution in [0.1, 0.15) is 23.6 Å². The normalized spacial score (nSPS) is 18.8. The number of aliphatic carboxylic acids is 1. The minimum atomic E-state index is -5.08. The molecule has 0 saturated heterocycles. The van der Waals surface area contributed by atoms with Crippen LogP contribution in [0, 0.1) is 0 Å². The Morgan fingerprint density at radius 2 is 1.91 bits per heavy atom. The highest BCUT2D eigenvalue weighted by molar-refractivity contribution is 8.16. The number of hydrogen-bond donors (Lipinski definition) is 3. The number of benzene rings is 2. The SMILES string of the molecule is CCc1ccc2c(c1)C1(NN=C(c3cccc4cccnc34)S1)C(=O)N2.O=C(O)C(F)(F)F. The highest BCUT2D eigenvalue weighted by Gasteiger charge is 2.52. The number of pyridine rings is 1. The molecule has 1 aromatic heterocycles. The molecule has 33 heavy (non-hydrogen) atoms. The molecule has 3 N–H and O–H groups in total. The predicted octanol–water partition coefficient (Wildman–Crippen LogP) is 4.23. The van der Waals surface area contributed by atoms with E-state index in [0.717, 1.165) is 39.2 Å². The number of para-hydroxylation sites is 1. The number of hydrazone groups is 1. The summed E-state index contributed by atoms with van der Waals surface area (Å²) < 4.78 is 31.7. The van der Waals surface area contributed by atoms with Crippen molar-refractivity contribution in [1.29, 1.82) is 0 Å². The number of carboxylic acids is 1. The van der Waals surface area contributed by atoms with Gasteiger partial charge in [0.1, 0.15) is 5.04 Å². The van der Waals surface area contributed by atoms with E-state index in [2.05, 4.69) is 33.8 Å². The van der Waals surface area contributed by atoms with Gasteiger partial charge in [-0.15, -0.1) is 0 Å². The van der Waals surface area contributed by atoms with Crippen LogP contribution < -0.4 is 10.7 Å². The van der Waals surface area contributed by atoms with Crippen LogP contribution in [0.4, 0.5) is 18.9 Å². The molecule has 1 atom stereocenters. The number of aromatic nitrogens is 1. The number of nitrogens with one attached hydrogen (secondary N) is 2. The van der Waals surface area contributed by atoms with Gasteiger partial charge in [-0.2, -0.15) is 18.3 Å². The average Bonchev–Trinajstić information content (AvgIpc) is 3.35. The topological polar surface area (TPSA) is 104 Å². The Bertz CT molecular complexity index is 1290. The summed E-state index contributed by atoms with van der Waals surface area (Å²) in [5, 5.41) is 16.5. The number of nitrogens with zero attached hydrogens (tertiary/aromatic N) is 2. The number of rotatable bonds is 2. The predicted molar refractivity (Wildman–Crippen MR) is 119 cm³/mol. The quantitative estimate of drug-likeness (QED) is 0.514. The number of carboxylic acid groups (broad SMARTS) is 1. The molecule has 1 amide bonds. The van der Waals surface area contributed by atoms with Crippen LogP contribution in [0.3, 0.4) is 0 Å². The second kappa shape index (κ2) is 8.39. The van der Waals surface area contributed by atoms with Crippen molar-refractivity contribution < 1.29 is 27.9 Å². The van der Waals surface area contributed by atoms with Gasteiger partial charge in [-0.1, -0.05) is 43.0 Å². The van der Waals surface area contributed by atoms with E-state index in [-0.39, 0.29) is 5.91 Å². The zero-order valence-electron chi connectivity index (χ0n) is 17.1. The standard InChI is InChI=1S/C20H16N4OS.C2HF3O2/c1-2-12-8-9-16-15(11-12)20(19(25)22-16)24-23-18(26-20)14-7-3-5-13-6-4-10-21-17(13)14;3-2(4,5)1(6)7/h3-11,24H,2H2,1H3,(H,22,25);(H,6,7). The maximum Gasteiger partial charge on any atom is 0.490 e. The lowest BCUT2D eigenvalue weighted by molar-refractivity contribution is -0.192. The van der Waals surface area contributed by atoms with Crippen molar-refractivity contribution in [1.82, 2.24) is 10.4 Å². The van der Waals surface area contributed by atoms with E-state index in [1.165, 1.54) is 17.3 Å². The van der Waals surface area contributed by atoms with E-state index in [9.17, 15) is 18.0 Å². The number of carbonyl (C=O) groups is 2. The number of carbonyl (C=O) groups excluding carboxylic acids is 1. The second-order valence-electron chi connectivity index (χ2n) is 7.18. The van der Waals surface area contributed by atoms with Gasteiger partial charge in [-0.3, -0.25) is 15.2 Å². The Balaban J connectivity index is 0.000000325. The lowest BCUT2D eigenvalue weighted by atomic mass is 10.0. The number of alkyl halides is 3. The van der Waals surface area contributed by atoms with Crippen molar-refractivity contribution in [3.8, 4) is 0 Å². The van der Waals surface area contributed by atoms with Crippen molar-refractivity contribution in [2.75, 3.05) is 5.32 Å². The van der Waals surface area contributed by atoms with Gasteiger partial charge >= 0.3 is 12.1 Å². The molecule has 7 nitrogen and oxygen atoms in total. The zero-order valence-corrected chi connectivity index (χ0v) is 17.9. The van der Waals surface area contributed by atoms with Gasteiger partial charge in [-0.25, -0.2) is 4.79 Å². The molecule has 1 unspecified atom stereocenters. The molecule has 0 saturated carbocycles. The van der Waals surface area contributed by atoms with Gasteiger partial charge in [0.05, 0.1) is 5.52 Å². The molecule has 1 spiro atoms. The highest BCUT2D eigenvalue weighted by atomic mass is 32.2. The number of halogens is 3. The van der Waals surface area contributed by atoms with E-state index < -0.39 is 17.0 Å². The first-order valence-corrected chi connectivity index (χ1v) is 10.6. The molecule has 0 fully saturated rings. The molecule has 5 rings (SSSR count). The number of fused-ring (bicyclic) bond motifs is 3. The Kier molecular flexibility index (Phi) is 5.75. The first-order chi connectivity index (χ1) is 15.7. The van der Waals surface area contributed by atoms with E-state index in [1.807, 2.05) is 42.5 Å². The molecule has 0 radical (unpaired) electrons. The van der Waals surface area contributed by atoms with Crippen LogP contribution in [-0.2, 0) is 20.9 Å². The lowest BCUT2D eigenvalue weighted by Crippen LogP contribution is -2.39. The Labute approximate surface area is 190 Å². The van der Waals surface area contributed by atoms with Gasteiger partial charge in [0, 0.05) is 28.4 Å². The second-order valence-corrected chi connectivity index (χ2v) is 8.39. The summed E-state index contributed by atoms with van der Waals surface area (Å²) in [7, 11) is 0. The third-order valence-electron chi connectivity index (χ3n) is 5.11. The van der Waals surface area contributed by atoms with E-state index in [0.29, 0.717) is 0 Å². The largest absolute Gasteiger partial charge is 0.490 e. The molecule has 2 aromatic carbocycles. The molecule has 3 aromatic rings. The van der Waals surface area contributed by atoms with Crippen molar-refractivity contribution in [2.45, 2.75) is 24.4 Å². The Morgan fingerprint density at radius 1 is 1.18 bits per heavy atom. The summed E-state index contributed by atoms with van der Waals surface area (Å²) in [5.74, 6) is -2.84. The Hall–Kier alpha value is -3.60. The molecule has 2 aliphatic rings. The maximum atomic E-state index is 12.8. The summed E-state index contributed by atoms with van der Waals surface area (Å²) in [6.45, 7) is 2.11. The minimum absolute atomic E-state index is 0.0855. The molecule has 11 heteroatoms. The first-order valence-electron chi connectivity index (χ1n) is 9.78. The molecular formula is C22H17F3N4O3S. The van der Waals surface area contributed by atoms with Crippen LogP contribution in [0.2, 0.25) is 0 Å². The summed E-state index contributed by atoms with van der Waals surface area (Å²) in [5.41, 5.74) is 7.93. The smallest absolute Gasteiger partial charge is 0.475 e. The monoisotopic (exact) mass is 474 g/mol. The molecule has 3 heterocycles. The van der Waals surface area contributed by atoms with Crippen molar-refractivity contribution >= 4 is 45.3 Å². The number of amides is 1. The van der Waals surface area contributed by atoms with E-state index in [1.54, 1.807) is 6.20 Å². The molecular weight excluding hydrogens is 457 g/mol. The van der Waals surface area contributed by atoms with Gasteiger partial charge in [0.25, 0.3) is 5.91 Å². The van der Waals surface area contributed by atoms with Gasteiger partial charge < -0.3 is 10.4 Å². The van der Waals surface area contributed by atoms with Gasteiger partial charge in [0.15, 0.2) is 0 Å². The van der Waals surface area contributed by atoms with Crippen molar-refractivity contribution in [2.24, 2.45) is 5.10 Å². The summed E-state index contributed by atoms with van der Waals surface area (Å²) in [4.78, 5) is 25.3. The van der Waals surface area contributed by atoms with Crippen LogP contribution in [0.25, 0.3) is 10.9 Å². The summed E-state index contributed by atoms with van der Waals surface area (Å²) >= 11 is 1.45. The van der Waals surface area contributed by atoms with Crippen molar-refractivity contribution in [3.63, 3.8) is 0 Å². The third-order valence-corrected chi connectivity index (χ3v) is 6.42. The number of thioether (sulfide) groups is 1. The first kappa shape index (κ1) is 22.6. The number of aryl methyl sites for hydroxylation is 1. The van der Waals surface area contributed by atoms with Crippen LogP contribution in [0.5, 0.6) is 0 Å². The van der Waals surface area contributed by atoms with Crippen LogP contribution in [0.15, 0.2) is 59.8 Å². The fraction of sp³-hybridized carbons (Fsp3) is 0.182. The maximum absolute atomic E-state index is 12.8. The van der Waals surface area contributed by atoms with Crippen LogP contribution >= 0.6 is 11.8 Å². The average molecular weight is 474 g/mol. The zero-order chi connectivity index (χ0) is 23.8. The number of anilines is 1. The summed E-state index contributed by atoms with van der Waals surface area (Å²) in [6.07, 6.45) is -2.39. The minimum Gasteiger partial charge on any atom is -0.475 e. The molecule has 2 aliphatic heterocycles. The fourth-order valence-corrected chi connectivity index (χ4v) is 4.64. The number of hydrogen-bond acceptors (Lipinski definition) is 6. The lowest BCUT2D eigenvalue weighted by Gasteiger charge is -2.20. The fourth-order valence-electron chi connectivity index (χ4n) is 3.47. The molecule has 0 aliphatic carbocycles. The van der Waals surface area contributed by atoms with Crippen molar-refractivity contribution in [3.05, 3.63) is 71.4 Å². The van der Waals surface area contributed by atoms with E-state index >= 15 is 0 Å². The van der Waals surface area contributed by atoms with Gasteiger partial charge in [-0.05, 0) is 36.2 Å².